The first-order valence-corrected chi connectivity index (χ1v) is 11.9. The van der Waals surface area contributed by atoms with Crippen molar-refractivity contribution in [2.45, 2.75) is 29.7 Å². The highest BCUT2D eigenvalue weighted by atomic mass is 35.5. The Kier molecular flexibility index (Phi) is 6.25. The Morgan fingerprint density at radius 3 is 2.45 bits per heavy atom. The zero-order valence-electron chi connectivity index (χ0n) is 15.7. The van der Waals surface area contributed by atoms with E-state index >= 15 is 0 Å². The molecule has 0 aliphatic carbocycles. The highest BCUT2D eigenvalue weighted by molar-refractivity contribution is 7.89. The summed E-state index contributed by atoms with van der Waals surface area (Å²) in [5.74, 6) is 0. The second-order valence-electron chi connectivity index (χ2n) is 6.47. The molecule has 1 N–H and O–H groups in total. The van der Waals surface area contributed by atoms with Gasteiger partial charge in [0.25, 0.3) is 10.1 Å². The normalized spacial score (nSPS) is 13.5. The number of benzene rings is 2. The summed E-state index contributed by atoms with van der Waals surface area (Å²) >= 11 is 6.08. The molecular formula is C19H19ClN2O5S2. The van der Waals surface area contributed by atoms with Crippen LogP contribution in [0.2, 0.25) is 5.02 Å². The SMILES string of the molecule is Cc1ccc(S(=O)(=O)OC(C)CNS(=O)(=O)c2ccc(Cl)c3ncccc23)cc1. The van der Waals surface area contributed by atoms with Gasteiger partial charge < -0.3 is 0 Å². The third-order valence-electron chi connectivity index (χ3n) is 4.13. The number of rotatable bonds is 7. The van der Waals surface area contributed by atoms with Crippen molar-refractivity contribution in [2.75, 3.05) is 6.54 Å². The highest BCUT2D eigenvalue weighted by Gasteiger charge is 2.23. The first-order chi connectivity index (χ1) is 13.6. The number of nitrogens with zero attached hydrogens (tertiary/aromatic N) is 1. The van der Waals surface area contributed by atoms with E-state index in [0.29, 0.717) is 15.9 Å². The molecule has 0 saturated carbocycles. The molecule has 29 heavy (non-hydrogen) atoms. The largest absolute Gasteiger partial charge is 0.297 e. The Bertz CT molecular complexity index is 1240. The van der Waals surface area contributed by atoms with Crippen molar-refractivity contribution in [1.82, 2.24) is 9.71 Å². The molecule has 10 heteroatoms. The fraction of sp³-hybridized carbons (Fsp3) is 0.211. The Hall–Kier alpha value is -2.04. The van der Waals surface area contributed by atoms with E-state index in [0.717, 1.165) is 5.56 Å². The van der Waals surface area contributed by atoms with Gasteiger partial charge in [-0.15, -0.1) is 0 Å². The maximum atomic E-state index is 12.7. The van der Waals surface area contributed by atoms with Crippen LogP contribution in [0.15, 0.2) is 64.5 Å². The van der Waals surface area contributed by atoms with Crippen LogP contribution in [0, 0.1) is 6.92 Å². The van der Waals surface area contributed by atoms with Crippen molar-refractivity contribution in [3.05, 3.63) is 65.3 Å². The lowest BCUT2D eigenvalue weighted by molar-refractivity contribution is 0.232. The fourth-order valence-electron chi connectivity index (χ4n) is 2.66. The highest BCUT2D eigenvalue weighted by Crippen LogP contribution is 2.27. The van der Waals surface area contributed by atoms with E-state index in [9.17, 15) is 16.8 Å². The molecular weight excluding hydrogens is 436 g/mol. The van der Waals surface area contributed by atoms with E-state index < -0.39 is 26.2 Å². The van der Waals surface area contributed by atoms with Crippen LogP contribution in [0.25, 0.3) is 10.9 Å². The zero-order valence-corrected chi connectivity index (χ0v) is 18.1. The van der Waals surface area contributed by atoms with Crippen LogP contribution in [0.5, 0.6) is 0 Å². The Labute approximate surface area is 174 Å². The molecule has 0 spiro atoms. The van der Waals surface area contributed by atoms with Crippen LogP contribution in [-0.4, -0.2) is 34.5 Å². The van der Waals surface area contributed by atoms with E-state index in [1.165, 1.54) is 37.4 Å². The third-order valence-corrected chi connectivity index (χ3v) is 7.35. The second kappa shape index (κ2) is 8.37. The molecule has 1 unspecified atom stereocenters. The second-order valence-corrected chi connectivity index (χ2v) is 10.2. The Morgan fingerprint density at radius 2 is 1.76 bits per heavy atom. The third kappa shape index (κ3) is 4.93. The van der Waals surface area contributed by atoms with Gasteiger partial charge in [0.1, 0.15) is 0 Å². The molecule has 1 heterocycles. The monoisotopic (exact) mass is 454 g/mol. The number of pyridine rings is 1. The van der Waals surface area contributed by atoms with Crippen LogP contribution < -0.4 is 4.72 Å². The number of fused-ring (bicyclic) bond motifs is 1. The van der Waals surface area contributed by atoms with Gasteiger partial charge in [0.05, 0.1) is 26.4 Å². The Morgan fingerprint density at radius 1 is 1.07 bits per heavy atom. The number of hydrogen-bond donors (Lipinski definition) is 1. The van der Waals surface area contributed by atoms with Crippen LogP contribution in [0.1, 0.15) is 12.5 Å². The number of hydrogen-bond acceptors (Lipinski definition) is 6. The first kappa shape index (κ1) is 21.7. The predicted octanol–water partition coefficient (Wildman–Crippen LogP) is 3.27. The van der Waals surface area contributed by atoms with Crippen molar-refractivity contribution in [3.8, 4) is 0 Å². The molecule has 3 rings (SSSR count). The number of halogens is 1. The predicted molar refractivity (Wildman–Crippen MR) is 111 cm³/mol. The minimum atomic E-state index is -4.01. The minimum Gasteiger partial charge on any atom is -0.262 e. The molecule has 0 aliphatic heterocycles. The summed E-state index contributed by atoms with van der Waals surface area (Å²) in [6.45, 7) is 3.07. The van der Waals surface area contributed by atoms with Crippen molar-refractivity contribution in [1.29, 1.82) is 0 Å². The lowest BCUT2D eigenvalue weighted by Crippen LogP contribution is -2.33. The minimum absolute atomic E-state index is 0.00130. The molecule has 1 atom stereocenters. The van der Waals surface area contributed by atoms with E-state index in [1.54, 1.807) is 24.3 Å². The first-order valence-electron chi connectivity index (χ1n) is 8.63. The summed E-state index contributed by atoms with van der Waals surface area (Å²) in [7, 11) is -7.96. The molecule has 0 radical (unpaired) electrons. The molecule has 0 fully saturated rings. The van der Waals surface area contributed by atoms with Crippen LogP contribution in [0.4, 0.5) is 0 Å². The average molecular weight is 455 g/mol. The molecule has 154 valence electrons. The summed E-state index contributed by atoms with van der Waals surface area (Å²) in [5, 5.41) is 0.703. The average Bonchev–Trinajstić information content (AvgIpc) is 2.67. The van der Waals surface area contributed by atoms with E-state index in [4.69, 9.17) is 15.8 Å². The van der Waals surface area contributed by atoms with Gasteiger partial charge in [-0.25, -0.2) is 13.1 Å². The topological polar surface area (TPSA) is 102 Å². The smallest absolute Gasteiger partial charge is 0.262 e. The summed E-state index contributed by atoms with van der Waals surface area (Å²) in [6, 6.07) is 12.2. The summed E-state index contributed by atoms with van der Waals surface area (Å²) in [5.41, 5.74) is 1.28. The molecule has 3 aromatic rings. The summed E-state index contributed by atoms with van der Waals surface area (Å²) in [4.78, 5) is 4.12. The van der Waals surface area contributed by atoms with Crippen molar-refractivity contribution < 1.29 is 21.0 Å². The van der Waals surface area contributed by atoms with E-state index in [-0.39, 0.29) is 16.3 Å². The number of aryl methyl sites for hydroxylation is 1. The quantitative estimate of drug-likeness (QED) is 0.549. The van der Waals surface area contributed by atoms with Gasteiger partial charge in [-0.1, -0.05) is 29.3 Å². The molecule has 0 aliphatic rings. The van der Waals surface area contributed by atoms with E-state index in [1.807, 2.05) is 6.92 Å². The van der Waals surface area contributed by atoms with Gasteiger partial charge in [0.2, 0.25) is 10.0 Å². The standard InChI is InChI=1S/C19H19ClN2O5S2/c1-13-5-7-15(8-6-13)29(25,26)27-14(2)12-22-28(23,24)18-10-9-17(20)19-16(18)4-3-11-21-19/h3-11,14,22H,12H2,1-2H3. The van der Waals surface area contributed by atoms with Gasteiger partial charge in [-0.3, -0.25) is 9.17 Å². The van der Waals surface area contributed by atoms with Crippen LogP contribution in [0.3, 0.4) is 0 Å². The van der Waals surface area contributed by atoms with Crippen molar-refractivity contribution in [2.24, 2.45) is 0 Å². The molecule has 0 amide bonds. The Balaban J connectivity index is 1.75. The van der Waals surface area contributed by atoms with Gasteiger partial charge >= 0.3 is 0 Å². The van der Waals surface area contributed by atoms with Crippen molar-refractivity contribution in [3.63, 3.8) is 0 Å². The van der Waals surface area contributed by atoms with E-state index in [2.05, 4.69) is 9.71 Å². The molecule has 7 nitrogen and oxygen atoms in total. The fourth-order valence-corrected chi connectivity index (χ4v) is 5.27. The van der Waals surface area contributed by atoms with Gasteiger partial charge in [-0.2, -0.15) is 8.42 Å². The zero-order chi connectivity index (χ0) is 21.2. The van der Waals surface area contributed by atoms with Gasteiger partial charge in [-0.05, 0) is 50.2 Å². The number of nitrogens with one attached hydrogen (secondary N) is 1. The lowest BCUT2D eigenvalue weighted by atomic mass is 10.2. The molecule has 0 bridgehead atoms. The summed E-state index contributed by atoms with van der Waals surface area (Å²) < 4.78 is 57.7. The number of sulfonamides is 1. The van der Waals surface area contributed by atoms with Crippen LogP contribution >= 0.6 is 11.6 Å². The van der Waals surface area contributed by atoms with Crippen molar-refractivity contribution >= 4 is 42.6 Å². The molecule has 1 aromatic heterocycles. The summed E-state index contributed by atoms with van der Waals surface area (Å²) in [6.07, 6.45) is 0.594. The maximum absolute atomic E-state index is 12.7. The van der Waals surface area contributed by atoms with Gasteiger partial charge in [0.15, 0.2) is 0 Å². The van der Waals surface area contributed by atoms with Gasteiger partial charge in [0, 0.05) is 18.1 Å². The number of aromatic nitrogens is 1. The van der Waals surface area contributed by atoms with Crippen LogP contribution in [-0.2, 0) is 24.3 Å². The lowest BCUT2D eigenvalue weighted by Gasteiger charge is -2.15. The maximum Gasteiger partial charge on any atom is 0.297 e. The molecule has 2 aromatic carbocycles. The molecule has 0 saturated heterocycles.